The lowest BCUT2D eigenvalue weighted by molar-refractivity contribution is -0.274. The van der Waals surface area contributed by atoms with Gasteiger partial charge in [-0.2, -0.15) is 13.2 Å². The summed E-state index contributed by atoms with van der Waals surface area (Å²) < 4.78 is 52.9. The lowest BCUT2D eigenvalue weighted by Crippen LogP contribution is -2.44. The summed E-state index contributed by atoms with van der Waals surface area (Å²) in [4.78, 5) is 2.65. The number of hydrogen-bond acceptors (Lipinski definition) is 1. The quantitative estimate of drug-likeness (QED) is 0.807. The summed E-state index contributed by atoms with van der Waals surface area (Å²) >= 11 is 0. The van der Waals surface area contributed by atoms with Crippen LogP contribution in [0.5, 0.6) is 0 Å². The summed E-state index contributed by atoms with van der Waals surface area (Å²) in [5.41, 5.74) is -2.82. The third-order valence-electron chi connectivity index (χ3n) is 3.65. The van der Waals surface area contributed by atoms with Crippen LogP contribution in [0.1, 0.15) is 18.4 Å². The van der Waals surface area contributed by atoms with Gasteiger partial charge in [0, 0.05) is 28.6 Å². The molecule has 1 heterocycles. The Hall–Kier alpha value is -1.56. The van der Waals surface area contributed by atoms with E-state index < -0.39 is 23.5 Å². The van der Waals surface area contributed by atoms with Crippen molar-refractivity contribution in [2.45, 2.75) is 24.6 Å². The predicted molar refractivity (Wildman–Crippen MR) is 60.9 cm³/mol. The van der Waals surface area contributed by atoms with Crippen molar-refractivity contribution in [2.24, 2.45) is 5.92 Å². The molecule has 3 rings (SSSR count). The SMILES string of the molecule is OC(c1c[nH]c2ccc(F)cc12)(C1CC1)C(F)(F)F. The fraction of sp³-hybridized carbons (Fsp3) is 0.385. The van der Waals surface area contributed by atoms with Crippen LogP contribution >= 0.6 is 0 Å². The van der Waals surface area contributed by atoms with Crippen molar-refractivity contribution >= 4 is 10.9 Å². The monoisotopic (exact) mass is 273 g/mol. The Balaban J connectivity index is 2.24. The molecular formula is C13H11F4NO. The van der Waals surface area contributed by atoms with Gasteiger partial charge in [0.2, 0.25) is 0 Å². The molecule has 1 fully saturated rings. The molecule has 0 aliphatic heterocycles. The van der Waals surface area contributed by atoms with Crippen LogP contribution in [0.25, 0.3) is 10.9 Å². The molecule has 1 unspecified atom stereocenters. The number of nitrogens with one attached hydrogen (secondary N) is 1. The second-order valence-corrected chi connectivity index (χ2v) is 4.93. The van der Waals surface area contributed by atoms with Crippen molar-refractivity contribution in [1.29, 1.82) is 0 Å². The second-order valence-electron chi connectivity index (χ2n) is 4.93. The van der Waals surface area contributed by atoms with Gasteiger partial charge in [-0.25, -0.2) is 4.39 Å². The number of aromatic nitrogens is 1. The average Bonchev–Trinajstić information content (AvgIpc) is 3.08. The molecule has 2 aromatic rings. The third-order valence-corrected chi connectivity index (χ3v) is 3.65. The van der Waals surface area contributed by atoms with E-state index in [0.717, 1.165) is 18.3 Å². The minimum atomic E-state index is -4.78. The first-order chi connectivity index (χ1) is 8.84. The van der Waals surface area contributed by atoms with Gasteiger partial charge in [-0.3, -0.25) is 0 Å². The molecule has 1 aromatic heterocycles. The maximum absolute atomic E-state index is 13.2. The Bertz CT molecular complexity index is 629. The fourth-order valence-corrected chi connectivity index (χ4v) is 2.51. The molecule has 6 heteroatoms. The Morgan fingerprint density at radius 3 is 2.47 bits per heavy atom. The Morgan fingerprint density at radius 1 is 1.21 bits per heavy atom. The first-order valence-electron chi connectivity index (χ1n) is 5.90. The van der Waals surface area contributed by atoms with E-state index in [0.29, 0.717) is 18.4 Å². The number of halogens is 4. The van der Waals surface area contributed by atoms with E-state index in [4.69, 9.17) is 0 Å². The number of alkyl halides is 3. The molecule has 1 aromatic carbocycles. The van der Waals surface area contributed by atoms with Crippen LogP contribution in [-0.4, -0.2) is 16.3 Å². The van der Waals surface area contributed by atoms with Crippen LogP contribution in [0, 0.1) is 11.7 Å². The minimum absolute atomic E-state index is 0.0757. The van der Waals surface area contributed by atoms with Crippen LogP contribution in [0.3, 0.4) is 0 Å². The van der Waals surface area contributed by atoms with E-state index in [1.807, 2.05) is 0 Å². The van der Waals surface area contributed by atoms with Gasteiger partial charge in [-0.1, -0.05) is 0 Å². The molecule has 1 aliphatic rings. The van der Waals surface area contributed by atoms with Crippen molar-refractivity contribution in [3.05, 3.63) is 35.8 Å². The van der Waals surface area contributed by atoms with Gasteiger partial charge < -0.3 is 10.1 Å². The second kappa shape index (κ2) is 3.72. The lowest BCUT2D eigenvalue weighted by atomic mass is 9.88. The summed E-state index contributed by atoms with van der Waals surface area (Å²) in [7, 11) is 0. The van der Waals surface area contributed by atoms with Gasteiger partial charge in [0.1, 0.15) is 5.82 Å². The van der Waals surface area contributed by atoms with E-state index in [-0.39, 0.29) is 10.9 Å². The van der Waals surface area contributed by atoms with Gasteiger partial charge in [0.15, 0.2) is 5.60 Å². The van der Waals surface area contributed by atoms with Gasteiger partial charge >= 0.3 is 6.18 Å². The molecule has 1 saturated carbocycles. The molecule has 19 heavy (non-hydrogen) atoms. The van der Waals surface area contributed by atoms with Crippen molar-refractivity contribution in [2.75, 3.05) is 0 Å². The Morgan fingerprint density at radius 2 is 1.89 bits per heavy atom. The molecule has 1 atom stereocenters. The number of rotatable bonds is 2. The van der Waals surface area contributed by atoms with E-state index >= 15 is 0 Å². The van der Waals surface area contributed by atoms with Crippen LogP contribution < -0.4 is 0 Å². The third kappa shape index (κ3) is 1.74. The number of benzene rings is 1. The van der Waals surface area contributed by atoms with E-state index in [2.05, 4.69) is 4.98 Å². The topological polar surface area (TPSA) is 36.0 Å². The van der Waals surface area contributed by atoms with Crippen LogP contribution in [-0.2, 0) is 5.60 Å². The van der Waals surface area contributed by atoms with Gasteiger partial charge in [0.25, 0.3) is 0 Å². The highest BCUT2D eigenvalue weighted by atomic mass is 19.4. The van der Waals surface area contributed by atoms with E-state index in [1.165, 1.54) is 6.07 Å². The largest absolute Gasteiger partial charge is 0.421 e. The van der Waals surface area contributed by atoms with E-state index in [1.54, 1.807) is 0 Å². The van der Waals surface area contributed by atoms with Crippen molar-refractivity contribution < 1.29 is 22.7 Å². The van der Waals surface area contributed by atoms with Crippen molar-refractivity contribution in [1.82, 2.24) is 4.98 Å². The molecule has 1 aliphatic carbocycles. The zero-order chi connectivity index (χ0) is 13.8. The first-order valence-corrected chi connectivity index (χ1v) is 5.90. The fourth-order valence-electron chi connectivity index (χ4n) is 2.51. The van der Waals surface area contributed by atoms with E-state index in [9.17, 15) is 22.7 Å². The summed E-state index contributed by atoms with van der Waals surface area (Å²) in [5, 5.41) is 10.2. The highest BCUT2D eigenvalue weighted by molar-refractivity contribution is 5.84. The van der Waals surface area contributed by atoms with Gasteiger partial charge in [-0.15, -0.1) is 0 Å². The molecule has 0 amide bonds. The normalized spacial score (nSPS) is 19.6. The molecule has 0 spiro atoms. The molecular weight excluding hydrogens is 262 g/mol. The Labute approximate surface area is 106 Å². The Kier molecular flexibility index (Phi) is 2.44. The number of aromatic amines is 1. The number of aliphatic hydroxyl groups is 1. The summed E-state index contributed by atoms with van der Waals surface area (Å²) in [6.45, 7) is 0. The van der Waals surface area contributed by atoms with Crippen LogP contribution in [0.15, 0.2) is 24.4 Å². The smallest absolute Gasteiger partial charge is 0.376 e. The van der Waals surface area contributed by atoms with Gasteiger partial charge in [-0.05, 0) is 31.0 Å². The zero-order valence-corrected chi connectivity index (χ0v) is 9.76. The standard InChI is InChI=1S/C13H11F4NO/c14-8-3-4-11-9(5-8)10(6-18-11)12(19,7-1-2-7)13(15,16)17/h3-7,18-19H,1-2H2. The highest BCUT2D eigenvalue weighted by Crippen LogP contribution is 2.55. The number of fused-ring (bicyclic) bond motifs is 1. The molecule has 102 valence electrons. The van der Waals surface area contributed by atoms with Crippen molar-refractivity contribution in [3.63, 3.8) is 0 Å². The zero-order valence-electron chi connectivity index (χ0n) is 9.76. The molecule has 0 bridgehead atoms. The van der Waals surface area contributed by atoms with Crippen molar-refractivity contribution in [3.8, 4) is 0 Å². The molecule has 0 saturated heterocycles. The van der Waals surface area contributed by atoms with Gasteiger partial charge in [0.05, 0.1) is 0 Å². The summed E-state index contributed by atoms with van der Waals surface area (Å²) in [6.07, 6.45) is -3.03. The highest BCUT2D eigenvalue weighted by Gasteiger charge is 2.63. The summed E-state index contributed by atoms with van der Waals surface area (Å²) in [6, 6.07) is 3.53. The first kappa shape index (κ1) is 12.5. The molecule has 2 N–H and O–H groups in total. The lowest BCUT2D eigenvalue weighted by Gasteiger charge is -2.30. The molecule has 0 radical (unpaired) electrons. The summed E-state index contributed by atoms with van der Waals surface area (Å²) in [5.74, 6) is -1.48. The predicted octanol–water partition coefficient (Wildman–Crippen LogP) is 3.47. The van der Waals surface area contributed by atoms with Crippen LogP contribution in [0.4, 0.5) is 17.6 Å². The number of H-pyrrole nitrogens is 1. The minimum Gasteiger partial charge on any atom is -0.376 e. The number of hydrogen-bond donors (Lipinski definition) is 2. The maximum atomic E-state index is 13.2. The van der Waals surface area contributed by atoms with Crippen LogP contribution in [0.2, 0.25) is 0 Å². The molecule has 2 nitrogen and oxygen atoms in total. The maximum Gasteiger partial charge on any atom is 0.421 e. The average molecular weight is 273 g/mol.